The van der Waals surface area contributed by atoms with E-state index in [1.807, 2.05) is 0 Å². The Kier molecular flexibility index (Phi) is 3.36. The van der Waals surface area contributed by atoms with Crippen LogP contribution in [0.2, 0.25) is 0 Å². The van der Waals surface area contributed by atoms with Crippen LogP contribution in [0.15, 0.2) is 0 Å². The van der Waals surface area contributed by atoms with Crippen molar-refractivity contribution < 1.29 is 9.84 Å². The van der Waals surface area contributed by atoms with Crippen molar-refractivity contribution in [2.75, 3.05) is 6.61 Å². The Morgan fingerprint density at radius 3 is 2.80 bits per heavy atom. The van der Waals surface area contributed by atoms with Crippen molar-refractivity contribution >= 4 is 0 Å². The molecule has 1 heterocycles. The Hall–Kier alpha value is -0.0800. The average Bonchev–Trinajstić information content (AvgIpc) is 2.15. The van der Waals surface area contributed by atoms with Gasteiger partial charge in [-0.3, -0.25) is 0 Å². The fourth-order valence-corrected chi connectivity index (χ4v) is 3.58. The molecular formula is C13H24O2. The standard InChI is InChI=1S/C13H24O2/c1-3-11-6-10(2)7-13(8-11)9-12(14)4-5-15-13/h10-12,14H,3-9H2,1-2H3. The molecule has 1 spiro atoms. The molecule has 88 valence electrons. The van der Waals surface area contributed by atoms with Crippen molar-refractivity contribution in [3.05, 3.63) is 0 Å². The van der Waals surface area contributed by atoms with Crippen molar-refractivity contribution in [2.24, 2.45) is 11.8 Å². The lowest BCUT2D eigenvalue weighted by molar-refractivity contribution is -0.152. The summed E-state index contributed by atoms with van der Waals surface area (Å²) in [6.45, 7) is 5.36. The van der Waals surface area contributed by atoms with Crippen LogP contribution in [0.25, 0.3) is 0 Å². The third-order valence-corrected chi connectivity index (χ3v) is 4.16. The molecule has 2 fully saturated rings. The van der Waals surface area contributed by atoms with E-state index in [4.69, 9.17) is 4.74 Å². The molecule has 2 nitrogen and oxygen atoms in total. The second kappa shape index (κ2) is 4.42. The summed E-state index contributed by atoms with van der Waals surface area (Å²) in [4.78, 5) is 0. The van der Waals surface area contributed by atoms with Crippen LogP contribution < -0.4 is 0 Å². The van der Waals surface area contributed by atoms with Crippen LogP contribution in [0.3, 0.4) is 0 Å². The van der Waals surface area contributed by atoms with E-state index in [9.17, 15) is 5.11 Å². The average molecular weight is 212 g/mol. The summed E-state index contributed by atoms with van der Waals surface area (Å²) < 4.78 is 6.02. The Morgan fingerprint density at radius 1 is 1.33 bits per heavy atom. The van der Waals surface area contributed by atoms with Gasteiger partial charge in [0.25, 0.3) is 0 Å². The maximum atomic E-state index is 9.79. The first-order valence-electron chi connectivity index (χ1n) is 6.45. The zero-order valence-corrected chi connectivity index (χ0v) is 10.0. The number of aliphatic hydroxyl groups is 1. The van der Waals surface area contributed by atoms with Crippen molar-refractivity contribution in [1.29, 1.82) is 0 Å². The summed E-state index contributed by atoms with van der Waals surface area (Å²) in [6, 6.07) is 0. The maximum Gasteiger partial charge on any atom is 0.0712 e. The zero-order chi connectivity index (χ0) is 10.9. The van der Waals surface area contributed by atoms with Crippen molar-refractivity contribution in [1.82, 2.24) is 0 Å². The minimum atomic E-state index is -0.124. The molecule has 1 saturated heterocycles. The van der Waals surface area contributed by atoms with E-state index in [-0.39, 0.29) is 11.7 Å². The molecule has 1 aliphatic heterocycles. The third-order valence-electron chi connectivity index (χ3n) is 4.16. The molecule has 0 aromatic heterocycles. The fraction of sp³-hybridized carbons (Fsp3) is 1.00. The van der Waals surface area contributed by atoms with Gasteiger partial charge < -0.3 is 9.84 Å². The highest BCUT2D eigenvalue weighted by Crippen LogP contribution is 2.44. The number of ether oxygens (including phenoxy) is 1. The van der Waals surface area contributed by atoms with Gasteiger partial charge in [-0.2, -0.15) is 0 Å². The van der Waals surface area contributed by atoms with E-state index in [0.717, 1.165) is 37.7 Å². The van der Waals surface area contributed by atoms with Crippen molar-refractivity contribution in [2.45, 2.75) is 64.1 Å². The van der Waals surface area contributed by atoms with E-state index in [2.05, 4.69) is 13.8 Å². The summed E-state index contributed by atoms with van der Waals surface area (Å²) in [5.41, 5.74) is 0.0238. The van der Waals surface area contributed by atoms with Crippen LogP contribution in [0, 0.1) is 11.8 Å². The van der Waals surface area contributed by atoms with Gasteiger partial charge in [-0.25, -0.2) is 0 Å². The van der Waals surface area contributed by atoms with E-state index in [1.165, 1.54) is 19.3 Å². The van der Waals surface area contributed by atoms with Crippen LogP contribution in [0.4, 0.5) is 0 Å². The molecule has 2 aliphatic rings. The molecule has 2 heteroatoms. The number of rotatable bonds is 1. The lowest BCUT2D eigenvalue weighted by Gasteiger charge is -2.47. The highest BCUT2D eigenvalue weighted by atomic mass is 16.5. The molecule has 0 aromatic rings. The van der Waals surface area contributed by atoms with Gasteiger partial charge in [0.05, 0.1) is 11.7 Å². The zero-order valence-electron chi connectivity index (χ0n) is 10.0. The minimum absolute atomic E-state index is 0.0238. The molecule has 1 N–H and O–H groups in total. The van der Waals surface area contributed by atoms with Gasteiger partial charge in [0, 0.05) is 13.0 Å². The Balaban J connectivity index is 2.05. The molecule has 1 saturated carbocycles. The van der Waals surface area contributed by atoms with E-state index >= 15 is 0 Å². The molecule has 4 atom stereocenters. The topological polar surface area (TPSA) is 29.5 Å². The number of aliphatic hydroxyl groups excluding tert-OH is 1. The first kappa shape index (κ1) is 11.4. The summed E-state index contributed by atoms with van der Waals surface area (Å²) in [7, 11) is 0. The van der Waals surface area contributed by atoms with Crippen LogP contribution in [-0.4, -0.2) is 23.4 Å². The minimum Gasteiger partial charge on any atom is -0.393 e. The first-order chi connectivity index (χ1) is 7.13. The number of hydrogen-bond acceptors (Lipinski definition) is 2. The van der Waals surface area contributed by atoms with Crippen molar-refractivity contribution in [3.8, 4) is 0 Å². The lowest BCUT2D eigenvalue weighted by atomic mass is 9.69. The van der Waals surface area contributed by atoms with Crippen LogP contribution in [0.1, 0.15) is 52.4 Å². The summed E-state index contributed by atoms with van der Waals surface area (Å²) >= 11 is 0. The van der Waals surface area contributed by atoms with Crippen LogP contribution in [0.5, 0.6) is 0 Å². The van der Waals surface area contributed by atoms with E-state index in [1.54, 1.807) is 0 Å². The Labute approximate surface area is 93.0 Å². The normalized spacial score (nSPS) is 47.0. The predicted octanol–water partition coefficient (Wildman–Crippen LogP) is 2.74. The monoisotopic (exact) mass is 212 g/mol. The summed E-state index contributed by atoms with van der Waals surface area (Å²) in [6.07, 6.45) is 6.50. The largest absolute Gasteiger partial charge is 0.393 e. The second-order valence-electron chi connectivity index (χ2n) is 5.70. The SMILES string of the molecule is CCC1CC(C)CC2(CC(O)CCO2)C1. The molecule has 15 heavy (non-hydrogen) atoms. The quantitative estimate of drug-likeness (QED) is 0.724. The Morgan fingerprint density at radius 2 is 2.13 bits per heavy atom. The van der Waals surface area contributed by atoms with Gasteiger partial charge in [0.15, 0.2) is 0 Å². The van der Waals surface area contributed by atoms with E-state index in [0.29, 0.717) is 0 Å². The van der Waals surface area contributed by atoms with Crippen LogP contribution in [-0.2, 0) is 4.74 Å². The van der Waals surface area contributed by atoms with Gasteiger partial charge in [-0.1, -0.05) is 20.3 Å². The highest BCUT2D eigenvalue weighted by Gasteiger charge is 2.42. The first-order valence-corrected chi connectivity index (χ1v) is 6.45. The number of hydrogen-bond donors (Lipinski definition) is 1. The van der Waals surface area contributed by atoms with Gasteiger partial charge >= 0.3 is 0 Å². The molecule has 0 bridgehead atoms. The van der Waals surface area contributed by atoms with Crippen molar-refractivity contribution in [3.63, 3.8) is 0 Å². The Bertz CT molecular complexity index is 213. The lowest BCUT2D eigenvalue weighted by Crippen LogP contribution is -2.47. The molecule has 1 aliphatic carbocycles. The highest BCUT2D eigenvalue weighted by molar-refractivity contribution is 4.94. The van der Waals surface area contributed by atoms with Gasteiger partial charge in [-0.05, 0) is 37.5 Å². The van der Waals surface area contributed by atoms with Gasteiger partial charge in [0.2, 0.25) is 0 Å². The molecular weight excluding hydrogens is 188 g/mol. The third kappa shape index (κ3) is 2.54. The van der Waals surface area contributed by atoms with Crippen LogP contribution >= 0.6 is 0 Å². The predicted molar refractivity (Wildman–Crippen MR) is 60.7 cm³/mol. The summed E-state index contributed by atoms with van der Waals surface area (Å²) in [5.74, 6) is 1.56. The summed E-state index contributed by atoms with van der Waals surface area (Å²) in [5, 5.41) is 9.79. The second-order valence-corrected chi connectivity index (χ2v) is 5.70. The maximum absolute atomic E-state index is 9.79. The fourth-order valence-electron chi connectivity index (χ4n) is 3.58. The molecule has 0 amide bonds. The van der Waals surface area contributed by atoms with E-state index < -0.39 is 0 Å². The molecule has 0 aromatic carbocycles. The molecule has 4 unspecified atom stereocenters. The molecule has 2 rings (SSSR count). The van der Waals surface area contributed by atoms with Gasteiger partial charge in [-0.15, -0.1) is 0 Å². The van der Waals surface area contributed by atoms with Gasteiger partial charge in [0.1, 0.15) is 0 Å². The molecule has 0 radical (unpaired) electrons. The smallest absolute Gasteiger partial charge is 0.0712 e.